The number of aromatic nitrogens is 4. The fourth-order valence-corrected chi connectivity index (χ4v) is 3.31. The molecule has 5 nitrogen and oxygen atoms in total. The molecule has 2 heterocycles. The number of hydrogen-bond donors (Lipinski definition) is 1. The highest BCUT2D eigenvalue weighted by molar-refractivity contribution is 6.31. The van der Waals surface area contributed by atoms with Crippen LogP contribution in [0.15, 0.2) is 24.3 Å². The van der Waals surface area contributed by atoms with Gasteiger partial charge >= 0.3 is 0 Å². The molecule has 0 spiro atoms. The fraction of sp³-hybridized carbons (Fsp3) is 0.188. The number of hydrogen-bond acceptors (Lipinski definition) is 4. The molecule has 0 aliphatic carbocycles. The summed E-state index contributed by atoms with van der Waals surface area (Å²) in [6.45, 7) is 0.596. The first-order valence-electron chi connectivity index (χ1n) is 7.48. The highest BCUT2D eigenvalue weighted by Crippen LogP contribution is 2.42. The molecular formula is C16H11ClF3N5. The summed E-state index contributed by atoms with van der Waals surface area (Å²) in [6.07, 6.45) is 0.594. The molecule has 1 aliphatic heterocycles. The molecule has 1 aromatic heterocycles. The quantitative estimate of drug-likeness (QED) is 0.771. The van der Waals surface area contributed by atoms with Crippen LogP contribution in [-0.2, 0) is 13.0 Å². The highest BCUT2D eigenvalue weighted by atomic mass is 35.5. The van der Waals surface area contributed by atoms with Crippen LogP contribution in [-0.4, -0.2) is 27.2 Å². The molecule has 0 saturated carbocycles. The van der Waals surface area contributed by atoms with E-state index in [1.807, 2.05) is 0 Å². The monoisotopic (exact) mass is 365 g/mol. The normalized spacial score (nSPS) is 13.4. The SMILES string of the molecule is Fc1ccc(F)c(CN2CCc3cc(Cl)c(F)c(-c4nn[nH]n4)c32)c1. The maximum atomic E-state index is 14.7. The number of tetrazole rings is 1. The molecule has 0 fully saturated rings. The summed E-state index contributed by atoms with van der Waals surface area (Å²) >= 11 is 5.98. The number of nitrogens with one attached hydrogen (secondary N) is 1. The Balaban J connectivity index is 1.82. The van der Waals surface area contributed by atoms with Crippen molar-refractivity contribution < 1.29 is 13.2 Å². The van der Waals surface area contributed by atoms with E-state index in [1.54, 1.807) is 4.90 Å². The van der Waals surface area contributed by atoms with Gasteiger partial charge < -0.3 is 4.90 Å². The van der Waals surface area contributed by atoms with Gasteiger partial charge in [0.25, 0.3) is 0 Å². The van der Waals surface area contributed by atoms with E-state index in [1.165, 1.54) is 6.07 Å². The van der Waals surface area contributed by atoms with Gasteiger partial charge in [0.2, 0.25) is 5.82 Å². The number of aromatic amines is 1. The Morgan fingerprint density at radius 3 is 2.80 bits per heavy atom. The summed E-state index contributed by atoms with van der Waals surface area (Å²) in [5.74, 6) is -1.67. The summed E-state index contributed by atoms with van der Waals surface area (Å²) in [5, 5.41) is 13.4. The lowest BCUT2D eigenvalue weighted by Gasteiger charge is -2.22. The zero-order chi connectivity index (χ0) is 17.6. The van der Waals surface area contributed by atoms with Crippen molar-refractivity contribution in [2.45, 2.75) is 13.0 Å². The number of halogens is 4. The Morgan fingerprint density at radius 1 is 1.20 bits per heavy atom. The van der Waals surface area contributed by atoms with E-state index in [2.05, 4.69) is 20.6 Å². The van der Waals surface area contributed by atoms with Gasteiger partial charge in [0.05, 0.1) is 16.3 Å². The average molecular weight is 366 g/mol. The second-order valence-electron chi connectivity index (χ2n) is 5.70. The minimum absolute atomic E-state index is 0.0441. The van der Waals surface area contributed by atoms with Gasteiger partial charge in [-0.3, -0.25) is 0 Å². The van der Waals surface area contributed by atoms with Gasteiger partial charge in [-0.05, 0) is 41.5 Å². The van der Waals surface area contributed by atoms with Gasteiger partial charge in [-0.2, -0.15) is 5.21 Å². The number of benzene rings is 2. The number of fused-ring (bicyclic) bond motifs is 1. The van der Waals surface area contributed by atoms with Crippen LogP contribution >= 0.6 is 11.6 Å². The van der Waals surface area contributed by atoms with Crippen molar-refractivity contribution in [2.24, 2.45) is 0 Å². The van der Waals surface area contributed by atoms with Crippen LogP contribution in [0.25, 0.3) is 11.4 Å². The first kappa shape index (κ1) is 15.9. The van der Waals surface area contributed by atoms with E-state index in [-0.39, 0.29) is 28.5 Å². The standard InChI is InChI=1S/C16H11ClF3N5/c17-11-6-8-3-4-25(7-9-5-10(18)1-2-12(9)19)15(8)13(14(11)20)16-21-23-24-22-16/h1-2,5-6H,3-4,7H2,(H,21,22,23,24). The molecule has 0 saturated heterocycles. The van der Waals surface area contributed by atoms with Crippen LogP contribution in [0.1, 0.15) is 11.1 Å². The van der Waals surface area contributed by atoms with Crippen LogP contribution < -0.4 is 4.90 Å². The van der Waals surface area contributed by atoms with Crippen molar-refractivity contribution in [1.29, 1.82) is 0 Å². The Morgan fingerprint density at radius 2 is 2.04 bits per heavy atom. The zero-order valence-corrected chi connectivity index (χ0v) is 13.5. The first-order chi connectivity index (χ1) is 12.0. The van der Waals surface area contributed by atoms with Crippen LogP contribution in [0.2, 0.25) is 5.02 Å². The van der Waals surface area contributed by atoms with E-state index in [9.17, 15) is 13.2 Å². The topological polar surface area (TPSA) is 57.7 Å². The molecule has 0 amide bonds. The summed E-state index contributed by atoms with van der Waals surface area (Å²) in [4.78, 5) is 1.76. The van der Waals surface area contributed by atoms with E-state index in [4.69, 9.17) is 11.6 Å². The molecule has 0 bridgehead atoms. The van der Waals surface area contributed by atoms with Gasteiger partial charge in [-0.15, -0.1) is 10.2 Å². The van der Waals surface area contributed by atoms with Crippen molar-refractivity contribution in [3.8, 4) is 11.4 Å². The molecule has 0 unspecified atom stereocenters. The van der Waals surface area contributed by atoms with E-state index >= 15 is 0 Å². The number of rotatable bonds is 3. The molecule has 0 radical (unpaired) electrons. The minimum atomic E-state index is -0.673. The van der Waals surface area contributed by atoms with Crippen LogP contribution in [0.4, 0.5) is 18.9 Å². The predicted molar refractivity (Wildman–Crippen MR) is 85.7 cm³/mol. The minimum Gasteiger partial charge on any atom is -0.366 e. The van der Waals surface area contributed by atoms with Crippen molar-refractivity contribution in [3.63, 3.8) is 0 Å². The summed E-state index contributed by atoms with van der Waals surface area (Å²) in [7, 11) is 0. The number of anilines is 1. The van der Waals surface area contributed by atoms with E-state index < -0.39 is 17.5 Å². The maximum absolute atomic E-state index is 14.7. The lowest BCUT2D eigenvalue weighted by Crippen LogP contribution is -2.21. The van der Waals surface area contributed by atoms with Crippen LogP contribution in [0, 0.1) is 17.5 Å². The second kappa shape index (κ2) is 6.03. The lowest BCUT2D eigenvalue weighted by atomic mass is 10.1. The zero-order valence-electron chi connectivity index (χ0n) is 12.7. The van der Waals surface area contributed by atoms with Crippen molar-refractivity contribution >= 4 is 17.3 Å². The highest BCUT2D eigenvalue weighted by Gasteiger charge is 2.30. The number of nitrogens with zero attached hydrogens (tertiary/aromatic N) is 4. The molecular weight excluding hydrogens is 355 g/mol. The van der Waals surface area contributed by atoms with Gasteiger partial charge in [0, 0.05) is 18.7 Å². The maximum Gasteiger partial charge on any atom is 0.209 e. The van der Waals surface area contributed by atoms with Crippen LogP contribution in [0.5, 0.6) is 0 Å². The summed E-state index contributed by atoms with van der Waals surface area (Å²) in [5.41, 5.74) is 1.60. The van der Waals surface area contributed by atoms with Gasteiger partial charge in [-0.25, -0.2) is 13.2 Å². The molecule has 25 heavy (non-hydrogen) atoms. The first-order valence-corrected chi connectivity index (χ1v) is 7.86. The second-order valence-corrected chi connectivity index (χ2v) is 6.10. The Kier molecular flexibility index (Phi) is 3.84. The number of H-pyrrole nitrogens is 1. The summed E-state index contributed by atoms with van der Waals surface area (Å²) in [6, 6.07) is 4.80. The van der Waals surface area contributed by atoms with Gasteiger partial charge in [0.1, 0.15) is 11.6 Å². The molecule has 4 rings (SSSR count). The Bertz CT molecular complexity index is 945. The molecule has 1 N–H and O–H groups in total. The van der Waals surface area contributed by atoms with E-state index in [0.717, 1.165) is 23.8 Å². The average Bonchev–Trinajstić information content (AvgIpc) is 3.23. The van der Waals surface area contributed by atoms with Crippen LogP contribution in [0.3, 0.4) is 0 Å². The third kappa shape index (κ3) is 2.72. The predicted octanol–water partition coefficient (Wildman–Crippen LogP) is 3.50. The van der Waals surface area contributed by atoms with Crippen molar-refractivity contribution in [1.82, 2.24) is 20.6 Å². The largest absolute Gasteiger partial charge is 0.366 e. The molecule has 9 heteroatoms. The Hall–Kier alpha value is -2.61. The third-order valence-electron chi connectivity index (χ3n) is 4.18. The Labute approximate surface area is 145 Å². The molecule has 3 aromatic rings. The third-order valence-corrected chi connectivity index (χ3v) is 4.45. The molecule has 2 aromatic carbocycles. The summed E-state index contributed by atoms with van der Waals surface area (Å²) < 4.78 is 42.1. The van der Waals surface area contributed by atoms with E-state index in [0.29, 0.717) is 18.7 Å². The molecule has 1 aliphatic rings. The van der Waals surface area contributed by atoms with Gasteiger partial charge in [0.15, 0.2) is 5.82 Å². The molecule has 0 atom stereocenters. The smallest absolute Gasteiger partial charge is 0.209 e. The van der Waals surface area contributed by atoms with Crippen molar-refractivity contribution in [2.75, 3.05) is 11.4 Å². The fourth-order valence-electron chi connectivity index (χ4n) is 3.09. The van der Waals surface area contributed by atoms with Gasteiger partial charge in [-0.1, -0.05) is 11.6 Å². The lowest BCUT2D eigenvalue weighted by molar-refractivity contribution is 0.582. The van der Waals surface area contributed by atoms with Crippen molar-refractivity contribution in [3.05, 3.63) is 57.9 Å². The molecule has 128 valence electrons.